The van der Waals surface area contributed by atoms with Gasteiger partial charge in [-0.25, -0.2) is 23.3 Å². The summed E-state index contributed by atoms with van der Waals surface area (Å²) in [6.45, 7) is 0. The van der Waals surface area contributed by atoms with Gasteiger partial charge in [-0.2, -0.15) is 0 Å². The van der Waals surface area contributed by atoms with Gasteiger partial charge in [0.2, 0.25) is 0 Å². The maximum atomic E-state index is 11.7. The largest absolute Gasteiger partial charge is 0.270 e. The zero-order valence-electron chi connectivity index (χ0n) is 15.0. The second-order valence-electron chi connectivity index (χ2n) is 5.47. The van der Waals surface area contributed by atoms with Gasteiger partial charge in [-0.05, 0) is 12.1 Å². The Morgan fingerprint density at radius 3 is 1.62 bits per heavy atom. The molecule has 13 nitrogen and oxygen atoms in total. The number of non-ortho nitro benzene ring substituents is 2. The Labute approximate surface area is 165 Å². The smallest absolute Gasteiger partial charge is 0.258 e. The van der Waals surface area contributed by atoms with Crippen LogP contribution in [0, 0.1) is 35.1 Å². The maximum absolute atomic E-state index is 11.7. The average Bonchev–Trinajstić information content (AvgIpc) is 2.60. The lowest BCUT2D eigenvalue weighted by Crippen LogP contribution is -2.02. The lowest BCUT2D eigenvalue weighted by molar-refractivity contribution is -0.482. The van der Waals surface area contributed by atoms with Crippen LogP contribution in [0.1, 0.15) is 0 Å². The van der Waals surface area contributed by atoms with E-state index < -0.39 is 34.3 Å². The molecule has 2 aromatic rings. The predicted octanol–water partition coefficient (Wildman–Crippen LogP) is 2.87. The van der Waals surface area contributed by atoms with Gasteiger partial charge < -0.3 is 0 Å². The second-order valence-corrected chi connectivity index (χ2v) is 9.87. The summed E-state index contributed by atoms with van der Waals surface area (Å²) >= 11 is 0. The van der Waals surface area contributed by atoms with Gasteiger partial charge in [-0.1, -0.05) is 12.1 Å². The quantitative estimate of drug-likeness (QED) is 0.534. The second kappa shape index (κ2) is 9.16. The van der Waals surface area contributed by atoms with Gasteiger partial charge in [-0.15, -0.1) is 0 Å². The molecule has 2 rings (SSSR count). The molecule has 0 bridgehead atoms. The van der Waals surface area contributed by atoms with E-state index in [9.17, 15) is 38.8 Å². The van der Waals surface area contributed by atoms with Gasteiger partial charge in [-0.3, -0.25) is 20.2 Å². The number of benzene rings is 2. The van der Waals surface area contributed by atoms with E-state index in [1.165, 1.54) is 42.7 Å². The van der Waals surface area contributed by atoms with Gasteiger partial charge in [0.25, 0.3) is 11.4 Å². The first-order valence-electron chi connectivity index (χ1n) is 7.33. The van der Waals surface area contributed by atoms with Crippen molar-refractivity contribution >= 4 is 30.8 Å². The molecule has 0 aromatic heterocycles. The van der Waals surface area contributed by atoms with Crippen LogP contribution in [0.25, 0.3) is 0 Å². The first-order chi connectivity index (χ1) is 13.2. The Balaban J connectivity index is 0.000000296. The summed E-state index contributed by atoms with van der Waals surface area (Å²) in [6, 6.07) is 10.1. The van der Waals surface area contributed by atoms with Crippen LogP contribution in [0.2, 0.25) is 0 Å². The minimum atomic E-state index is -3.24. The molecular formula is C14H15N5O8S2. The number of rotatable bonds is 5. The van der Waals surface area contributed by atoms with E-state index in [1.807, 2.05) is 0 Å². The molecular weight excluding hydrogens is 430 g/mol. The molecule has 0 spiro atoms. The van der Waals surface area contributed by atoms with Gasteiger partial charge in [0, 0.05) is 36.8 Å². The van der Waals surface area contributed by atoms with Gasteiger partial charge in [0.15, 0.2) is 5.03 Å². The lowest BCUT2D eigenvalue weighted by Gasteiger charge is -1.99. The van der Waals surface area contributed by atoms with Crippen molar-refractivity contribution in [2.75, 3.05) is 12.5 Å². The molecule has 1 N–H and O–H groups in total. The number of nitro groups is 3. The summed E-state index contributed by atoms with van der Waals surface area (Å²) in [5, 5.41) is 29.8. The van der Waals surface area contributed by atoms with Crippen molar-refractivity contribution in [2.45, 2.75) is 9.79 Å². The molecule has 0 radical (unpaired) electrons. The summed E-state index contributed by atoms with van der Waals surface area (Å²) in [7, 11) is -6.11. The van der Waals surface area contributed by atoms with Crippen LogP contribution in [0.15, 0.2) is 62.8 Å². The fourth-order valence-electron chi connectivity index (χ4n) is 1.85. The van der Waals surface area contributed by atoms with Crippen molar-refractivity contribution in [3.63, 3.8) is 0 Å². The summed E-state index contributed by atoms with van der Waals surface area (Å²) in [5.74, 6) is 0. The van der Waals surface area contributed by atoms with Gasteiger partial charge >= 0.3 is 0 Å². The third kappa shape index (κ3) is 7.23. The molecule has 0 heterocycles. The molecule has 0 amide bonds. The third-order valence-electron chi connectivity index (χ3n) is 3.17. The van der Waals surface area contributed by atoms with Crippen LogP contribution >= 0.6 is 0 Å². The fourth-order valence-corrected chi connectivity index (χ4v) is 3.55. The van der Waals surface area contributed by atoms with Crippen LogP contribution in [0.3, 0.4) is 0 Å². The zero-order valence-corrected chi connectivity index (χ0v) is 16.6. The van der Waals surface area contributed by atoms with Crippen molar-refractivity contribution in [2.24, 2.45) is 4.47 Å². The number of nitrogens with one attached hydrogen (secondary N) is 1. The Kier molecular flexibility index (Phi) is 7.44. The van der Waals surface area contributed by atoms with Crippen LogP contribution in [0.4, 0.5) is 11.4 Å². The highest BCUT2D eigenvalue weighted by Gasteiger charge is 2.15. The molecule has 0 aliphatic carbocycles. The van der Waals surface area contributed by atoms with Gasteiger partial charge in [0.05, 0.1) is 29.4 Å². The molecule has 2 aromatic carbocycles. The van der Waals surface area contributed by atoms with E-state index in [0.29, 0.717) is 0 Å². The van der Waals surface area contributed by atoms with Crippen molar-refractivity contribution < 1.29 is 23.3 Å². The normalized spacial score (nSPS) is 14.3. The van der Waals surface area contributed by atoms with Crippen molar-refractivity contribution in [3.05, 3.63) is 78.9 Å². The van der Waals surface area contributed by atoms with Gasteiger partial charge in [0.1, 0.15) is 14.2 Å². The number of nitro benzene ring substituents is 2. The lowest BCUT2D eigenvalue weighted by atomic mass is 10.3. The molecule has 2 unspecified atom stereocenters. The molecule has 29 heavy (non-hydrogen) atoms. The van der Waals surface area contributed by atoms with Crippen LogP contribution in [-0.2, 0) is 19.5 Å². The summed E-state index contributed by atoms with van der Waals surface area (Å²) in [4.78, 5) is 29.8. The first kappa shape index (κ1) is 23.6. The minimum absolute atomic E-state index is 0.0431. The van der Waals surface area contributed by atoms with Crippen LogP contribution in [0.5, 0.6) is 0 Å². The minimum Gasteiger partial charge on any atom is -0.258 e. The summed E-state index contributed by atoms with van der Waals surface area (Å²) in [6.07, 6.45) is 2.28. The van der Waals surface area contributed by atoms with E-state index in [0.717, 1.165) is 18.4 Å². The van der Waals surface area contributed by atoms with E-state index in [1.54, 1.807) is 0 Å². The molecule has 156 valence electrons. The number of nitrogens with zero attached hydrogens (tertiary/aromatic N) is 4. The van der Waals surface area contributed by atoms with Crippen molar-refractivity contribution in [1.29, 1.82) is 4.78 Å². The van der Waals surface area contributed by atoms with Crippen molar-refractivity contribution in [1.82, 2.24) is 0 Å². The zero-order chi connectivity index (χ0) is 22.4. The van der Waals surface area contributed by atoms with E-state index in [4.69, 9.17) is 4.78 Å². The molecule has 0 saturated carbocycles. The first-order valence-corrected chi connectivity index (χ1v) is 11.2. The Morgan fingerprint density at radius 1 is 0.828 bits per heavy atom. The Hall–Kier alpha value is -3.46. The average molecular weight is 445 g/mol. The summed E-state index contributed by atoms with van der Waals surface area (Å²) < 4.78 is 33.0. The Bertz CT molecular complexity index is 1190. The van der Waals surface area contributed by atoms with E-state index in [2.05, 4.69) is 4.47 Å². The van der Waals surface area contributed by atoms with E-state index >= 15 is 0 Å². The Morgan fingerprint density at radius 2 is 1.24 bits per heavy atom. The number of hydrogen-bond donors (Lipinski definition) is 1. The molecule has 0 fully saturated rings. The molecule has 15 heteroatoms. The topological polar surface area (TPSA) is 200 Å². The predicted molar refractivity (Wildman–Crippen MR) is 103 cm³/mol. The maximum Gasteiger partial charge on any atom is 0.270 e. The van der Waals surface area contributed by atoms with Crippen molar-refractivity contribution in [3.8, 4) is 0 Å². The van der Waals surface area contributed by atoms with E-state index in [-0.39, 0.29) is 21.2 Å². The molecule has 0 saturated heterocycles. The SMILES string of the molecule is CS(=N)(=O)c1cccc([N+](=O)[O-])c1.CS(=O)(=N[N+](=O)[O-])c1cccc([N+](=O)[O-])c1. The number of hydrogen-bond acceptors (Lipinski definition) is 9. The molecule has 0 aliphatic rings. The molecule has 0 aliphatic heterocycles. The molecule has 2 atom stereocenters. The highest BCUT2D eigenvalue weighted by molar-refractivity contribution is 7.92. The summed E-state index contributed by atoms with van der Waals surface area (Å²) in [5.41, 5.74) is -0.426. The monoisotopic (exact) mass is 445 g/mol. The van der Waals surface area contributed by atoms with Crippen LogP contribution < -0.4 is 0 Å². The highest BCUT2D eigenvalue weighted by Crippen LogP contribution is 2.19. The standard InChI is InChI=1S/C7H7N3O5S.C7H8N2O3S/c1-16(15,8-10(13)14)7-4-2-3-6(5-7)9(11)12;1-13(8,12)7-4-2-3-6(5-7)9(10)11/h2-5H,1H3;2-5,8H,1H3. The fraction of sp³-hybridized carbons (Fsp3) is 0.143. The van der Waals surface area contributed by atoms with Crippen LogP contribution in [-0.4, -0.2) is 35.8 Å². The highest BCUT2D eigenvalue weighted by atomic mass is 32.2. The third-order valence-corrected chi connectivity index (χ3v) is 5.89.